The highest BCUT2D eigenvalue weighted by Crippen LogP contribution is 2.30. The average Bonchev–Trinajstić information content (AvgIpc) is 3.25. The zero-order valence-corrected chi connectivity index (χ0v) is 20.0. The summed E-state index contributed by atoms with van der Waals surface area (Å²) in [6, 6.07) is 18.9. The zero-order valence-electron chi connectivity index (χ0n) is 18.4. The van der Waals surface area contributed by atoms with Gasteiger partial charge in [0.25, 0.3) is 0 Å². The molecule has 0 fully saturated rings. The molecule has 0 aliphatic heterocycles. The van der Waals surface area contributed by atoms with Crippen LogP contribution < -0.4 is 14.8 Å². The first-order valence-electron chi connectivity index (χ1n) is 10.2. The molecule has 0 radical (unpaired) electrons. The number of rotatable bonds is 9. The fraction of sp³-hybridized carbons (Fsp3) is 0.174. The summed E-state index contributed by atoms with van der Waals surface area (Å²) in [4.78, 5) is 20.9. The molecule has 9 nitrogen and oxygen atoms in total. The third-order valence-corrected chi connectivity index (χ3v) is 5.99. The van der Waals surface area contributed by atoms with Crippen LogP contribution in [-0.2, 0) is 11.3 Å². The Balaban J connectivity index is 1.55. The van der Waals surface area contributed by atoms with Gasteiger partial charge in [-0.3, -0.25) is 14.7 Å². The van der Waals surface area contributed by atoms with Gasteiger partial charge >= 0.3 is 0 Å². The van der Waals surface area contributed by atoms with Crippen molar-refractivity contribution < 1.29 is 14.3 Å². The van der Waals surface area contributed by atoms with Crippen LogP contribution >= 0.6 is 23.4 Å². The lowest BCUT2D eigenvalue weighted by atomic mass is 10.2. The molecule has 4 aromatic rings. The Bertz CT molecular complexity index is 1260. The number of nitrogens with zero attached hydrogens (tertiary/aromatic N) is 5. The summed E-state index contributed by atoms with van der Waals surface area (Å²) in [5.41, 5.74) is 1.83. The van der Waals surface area contributed by atoms with Crippen molar-refractivity contribution in [3.8, 4) is 23.1 Å². The van der Waals surface area contributed by atoms with Gasteiger partial charge in [0.05, 0.1) is 37.6 Å². The highest BCUT2D eigenvalue weighted by molar-refractivity contribution is 7.99. The first kappa shape index (κ1) is 23.5. The first-order chi connectivity index (χ1) is 16.6. The van der Waals surface area contributed by atoms with E-state index in [4.69, 9.17) is 21.1 Å². The molecule has 11 heteroatoms. The lowest BCUT2D eigenvalue weighted by Gasteiger charge is -2.11. The maximum Gasteiger partial charge on any atom is 0.237 e. The van der Waals surface area contributed by atoms with Gasteiger partial charge in [0.15, 0.2) is 11.0 Å². The third-order valence-electron chi connectivity index (χ3n) is 4.70. The molecule has 0 saturated heterocycles. The minimum atomic E-state index is -0.311. The van der Waals surface area contributed by atoms with Crippen molar-refractivity contribution in [2.75, 3.05) is 25.3 Å². The number of carbonyl (C=O) groups is 1. The minimum absolute atomic E-state index is 0.0678. The van der Waals surface area contributed by atoms with Gasteiger partial charge in [-0.25, -0.2) is 0 Å². The van der Waals surface area contributed by atoms with Gasteiger partial charge in [-0.05, 0) is 17.7 Å². The maximum atomic E-state index is 12.6. The molecule has 174 valence electrons. The number of carbonyl (C=O) groups excluding carboxylic acids is 1. The number of halogens is 1. The zero-order chi connectivity index (χ0) is 23.9. The van der Waals surface area contributed by atoms with Crippen LogP contribution in [-0.4, -0.2) is 50.6 Å². The highest BCUT2D eigenvalue weighted by atomic mass is 35.5. The van der Waals surface area contributed by atoms with Crippen LogP contribution in [0.3, 0.4) is 0 Å². The number of benzene rings is 2. The van der Waals surface area contributed by atoms with E-state index in [1.54, 1.807) is 6.07 Å². The van der Waals surface area contributed by atoms with Gasteiger partial charge in [0, 0.05) is 5.56 Å². The number of ether oxygens (including phenoxy) is 2. The van der Waals surface area contributed by atoms with Crippen molar-refractivity contribution in [1.82, 2.24) is 24.7 Å². The largest absolute Gasteiger partial charge is 0.481 e. The third kappa shape index (κ3) is 5.64. The Morgan fingerprint density at radius 2 is 1.68 bits per heavy atom. The standard InChI is InChI=1S/C23H21ClN6O3S/c1-32-19-12-20(33-2)27-22(26-19)25-18(31)14-34-23-29-28-21(16-10-6-7-11-17(16)24)30(23)13-15-8-4-3-5-9-15/h3-12H,13-14H2,1-2H3,(H,25,26,27,31). The van der Waals surface area contributed by atoms with Crippen LogP contribution in [0.1, 0.15) is 5.56 Å². The second-order valence-corrected chi connectivity index (χ2v) is 8.32. The fourth-order valence-corrected chi connectivity index (χ4v) is 4.06. The number of hydrogen-bond acceptors (Lipinski definition) is 8. The van der Waals surface area contributed by atoms with Gasteiger partial charge < -0.3 is 9.47 Å². The number of hydrogen-bond donors (Lipinski definition) is 1. The Labute approximate surface area is 205 Å². The molecule has 1 N–H and O–H groups in total. The topological polar surface area (TPSA) is 104 Å². The monoisotopic (exact) mass is 496 g/mol. The number of amides is 1. The molecule has 0 aliphatic carbocycles. The van der Waals surface area contributed by atoms with E-state index in [0.717, 1.165) is 11.1 Å². The van der Waals surface area contributed by atoms with Crippen molar-refractivity contribution in [2.45, 2.75) is 11.7 Å². The minimum Gasteiger partial charge on any atom is -0.481 e. The van der Waals surface area contributed by atoms with Crippen molar-refractivity contribution in [3.05, 3.63) is 71.2 Å². The molecule has 0 atom stereocenters. The smallest absolute Gasteiger partial charge is 0.237 e. The van der Waals surface area contributed by atoms with E-state index in [0.29, 0.717) is 22.5 Å². The number of anilines is 1. The summed E-state index contributed by atoms with van der Waals surface area (Å²) < 4.78 is 12.2. The summed E-state index contributed by atoms with van der Waals surface area (Å²) >= 11 is 7.67. The maximum absolute atomic E-state index is 12.6. The summed E-state index contributed by atoms with van der Waals surface area (Å²) in [5, 5.41) is 12.5. The van der Waals surface area contributed by atoms with Gasteiger partial charge in [0.2, 0.25) is 23.6 Å². The molecule has 2 aromatic heterocycles. The lowest BCUT2D eigenvalue weighted by molar-refractivity contribution is -0.113. The highest BCUT2D eigenvalue weighted by Gasteiger charge is 2.18. The molecular formula is C23H21ClN6O3S. The quantitative estimate of drug-likeness (QED) is 0.344. The number of methoxy groups -OCH3 is 2. The molecule has 2 aromatic carbocycles. The van der Waals surface area contributed by atoms with Crippen molar-refractivity contribution >= 4 is 35.2 Å². The van der Waals surface area contributed by atoms with Crippen LogP contribution in [0.15, 0.2) is 65.8 Å². The van der Waals surface area contributed by atoms with E-state index in [2.05, 4.69) is 25.5 Å². The van der Waals surface area contributed by atoms with Gasteiger partial charge in [-0.15, -0.1) is 10.2 Å². The molecule has 1 amide bonds. The van der Waals surface area contributed by atoms with E-state index in [1.807, 2.05) is 53.1 Å². The molecule has 2 heterocycles. The molecule has 4 rings (SSSR count). The van der Waals surface area contributed by atoms with Gasteiger partial charge in [-0.2, -0.15) is 9.97 Å². The van der Waals surface area contributed by atoms with E-state index >= 15 is 0 Å². The summed E-state index contributed by atoms with van der Waals surface area (Å²) in [6.07, 6.45) is 0. The van der Waals surface area contributed by atoms with Gasteiger partial charge in [-0.1, -0.05) is 65.8 Å². The normalized spacial score (nSPS) is 10.7. The lowest BCUT2D eigenvalue weighted by Crippen LogP contribution is -2.17. The second kappa shape index (κ2) is 11.0. The molecule has 0 spiro atoms. The predicted octanol–water partition coefficient (Wildman–Crippen LogP) is 4.18. The van der Waals surface area contributed by atoms with Gasteiger partial charge in [0.1, 0.15) is 0 Å². The first-order valence-corrected chi connectivity index (χ1v) is 11.6. The Morgan fingerprint density at radius 3 is 2.35 bits per heavy atom. The molecule has 0 bridgehead atoms. The average molecular weight is 497 g/mol. The Morgan fingerprint density at radius 1 is 1.00 bits per heavy atom. The van der Waals surface area contributed by atoms with Crippen LogP contribution in [0.4, 0.5) is 5.95 Å². The molecule has 34 heavy (non-hydrogen) atoms. The molecule has 0 unspecified atom stereocenters. The number of nitrogens with one attached hydrogen (secondary N) is 1. The van der Waals surface area contributed by atoms with Crippen LogP contribution in [0.5, 0.6) is 11.8 Å². The second-order valence-electron chi connectivity index (χ2n) is 6.97. The van der Waals surface area contributed by atoms with E-state index < -0.39 is 0 Å². The fourth-order valence-electron chi connectivity index (χ4n) is 3.11. The Hall–Kier alpha value is -3.63. The van der Waals surface area contributed by atoms with Crippen molar-refractivity contribution in [2.24, 2.45) is 0 Å². The van der Waals surface area contributed by atoms with Crippen LogP contribution in [0.25, 0.3) is 11.4 Å². The van der Waals surface area contributed by atoms with E-state index in [1.165, 1.54) is 32.0 Å². The SMILES string of the molecule is COc1cc(OC)nc(NC(=O)CSc2nnc(-c3ccccc3Cl)n2Cc2ccccc2)n1. The molecular weight excluding hydrogens is 476 g/mol. The summed E-state index contributed by atoms with van der Waals surface area (Å²) in [5.74, 6) is 1.03. The number of aromatic nitrogens is 5. The summed E-state index contributed by atoms with van der Waals surface area (Å²) in [6.45, 7) is 0.522. The number of thioether (sulfide) groups is 1. The predicted molar refractivity (Wildman–Crippen MR) is 131 cm³/mol. The molecule has 0 aliphatic rings. The Kier molecular flexibility index (Phi) is 7.61. The van der Waals surface area contributed by atoms with Crippen molar-refractivity contribution in [3.63, 3.8) is 0 Å². The van der Waals surface area contributed by atoms with Crippen LogP contribution in [0, 0.1) is 0 Å². The molecule has 0 saturated carbocycles. The van der Waals surface area contributed by atoms with E-state index in [9.17, 15) is 4.79 Å². The van der Waals surface area contributed by atoms with Crippen LogP contribution in [0.2, 0.25) is 5.02 Å². The summed E-state index contributed by atoms with van der Waals surface area (Å²) in [7, 11) is 2.94. The van der Waals surface area contributed by atoms with E-state index in [-0.39, 0.29) is 29.4 Å². The van der Waals surface area contributed by atoms with Crippen molar-refractivity contribution in [1.29, 1.82) is 0 Å².